The molecule has 1 aromatic carbocycles. The fourth-order valence-electron chi connectivity index (χ4n) is 2.01. The summed E-state index contributed by atoms with van der Waals surface area (Å²) in [5, 5.41) is 0. The summed E-state index contributed by atoms with van der Waals surface area (Å²) < 4.78 is 13.2. The van der Waals surface area contributed by atoms with Crippen LogP contribution in [0.4, 0.5) is 4.39 Å². The van der Waals surface area contributed by atoms with E-state index in [1.807, 2.05) is 19.9 Å². The van der Waals surface area contributed by atoms with E-state index in [2.05, 4.69) is 0 Å². The molecule has 0 saturated carbocycles. The molecule has 0 aliphatic heterocycles. The van der Waals surface area contributed by atoms with Gasteiger partial charge in [0.15, 0.2) is 0 Å². The Hall–Kier alpha value is -1.42. The Balaban J connectivity index is 2.76. The van der Waals surface area contributed by atoms with Crippen LogP contribution < -0.4 is 5.73 Å². The van der Waals surface area contributed by atoms with E-state index in [1.165, 1.54) is 12.1 Å². The van der Waals surface area contributed by atoms with Crippen molar-refractivity contribution >= 4 is 5.91 Å². The summed E-state index contributed by atoms with van der Waals surface area (Å²) in [5.41, 5.74) is 6.48. The highest BCUT2D eigenvalue weighted by molar-refractivity contribution is 5.77. The number of amides is 1. The molecular weight excluding hydrogens is 231 g/mol. The van der Waals surface area contributed by atoms with Gasteiger partial charge in [-0.15, -0.1) is 0 Å². The lowest BCUT2D eigenvalue weighted by molar-refractivity contribution is -0.131. The van der Waals surface area contributed by atoms with Crippen LogP contribution in [0.3, 0.4) is 0 Å². The number of halogens is 1. The van der Waals surface area contributed by atoms with Crippen molar-refractivity contribution < 1.29 is 9.18 Å². The Kier molecular flexibility index (Phi) is 5.78. The monoisotopic (exact) mass is 252 g/mol. The molecule has 0 bridgehead atoms. The smallest absolute Gasteiger partial charge is 0.223 e. The van der Waals surface area contributed by atoms with Crippen molar-refractivity contribution in [3.63, 3.8) is 0 Å². The molecule has 0 aromatic heterocycles. The van der Waals surface area contributed by atoms with E-state index in [4.69, 9.17) is 5.73 Å². The van der Waals surface area contributed by atoms with Crippen LogP contribution in [0.1, 0.15) is 31.7 Å². The zero-order valence-electron chi connectivity index (χ0n) is 11.0. The SMILES string of the molecule is CCN(CC)C(=O)CC(CN)c1cccc(F)c1. The van der Waals surface area contributed by atoms with Crippen molar-refractivity contribution in [3.05, 3.63) is 35.6 Å². The van der Waals surface area contributed by atoms with Gasteiger partial charge in [0.25, 0.3) is 0 Å². The summed E-state index contributed by atoms with van der Waals surface area (Å²) in [6.45, 7) is 5.62. The number of nitrogens with two attached hydrogens (primary N) is 1. The lowest BCUT2D eigenvalue weighted by atomic mass is 9.95. The summed E-state index contributed by atoms with van der Waals surface area (Å²) in [4.78, 5) is 13.8. The molecule has 1 rings (SSSR count). The molecule has 0 radical (unpaired) electrons. The second kappa shape index (κ2) is 7.11. The third kappa shape index (κ3) is 3.81. The zero-order valence-corrected chi connectivity index (χ0v) is 11.0. The van der Waals surface area contributed by atoms with Crippen molar-refractivity contribution in [2.75, 3.05) is 19.6 Å². The fraction of sp³-hybridized carbons (Fsp3) is 0.500. The van der Waals surface area contributed by atoms with E-state index in [9.17, 15) is 9.18 Å². The van der Waals surface area contributed by atoms with Gasteiger partial charge < -0.3 is 10.6 Å². The maximum atomic E-state index is 13.2. The summed E-state index contributed by atoms with van der Waals surface area (Å²) in [6, 6.07) is 6.31. The molecular formula is C14H21FN2O. The Morgan fingerprint density at radius 2 is 2.06 bits per heavy atom. The quantitative estimate of drug-likeness (QED) is 0.843. The Labute approximate surface area is 108 Å². The van der Waals surface area contributed by atoms with E-state index in [0.29, 0.717) is 26.1 Å². The molecule has 0 aliphatic rings. The maximum Gasteiger partial charge on any atom is 0.223 e. The number of carbonyl (C=O) groups excluding carboxylic acids is 1. The molecule has 0 fully saturated rings. The number of rotatable bonds is 6. The largest absolute Gasteiger partial charge is 0.343 e. The van der Waals surface area contributed by atoms with Crippen LogP contribution in [0.5, 0.6) is 0 Å². The van der Waals surface area contributed by atoms with Crippen molar-refractivity contribution in [1.82, 2.24) is 4.90 Å². The van der Waals surface area contributed by atoms with Crippen LogP contribution in [0.25, 0.3) is 0 Å². The average Bonchev–Trinajstić information content (AvgIpc) is 2.37. The molecule has 4 heteroatoms. The second-order valence-electron chi connectivity index (χ2n) is 4.26. The Morgan fingerprint density at radius 3 is 2.56 bits per heavy atom. The van der Waals surface area contributed by atoms with Gasteiger partial charge in [-0.2, -0.15) is 0 Å². The standard InChI is InChI=1S/C14H21FN2O/c1-3-17(4-2)14(18)9-12(10-16)11-6-5-7-13(15)8-11/h5-8,12H,3-4,9-10,16H2,1-2H3. The van der Waals surface area contributed by atoms with E-state index < -0.39 is 0 Å². The first-order valence-corrected chi connectivity index (χ1v) is 6.35. The molecule has 0 aliphatic carbocycles. The minimum absolute atomic E-state index is 0.0692. The first-order valence-electron chi connectivity index (χ1n) is 6.35. The molecule has 0 spiro atoms. The third-order valence-electron chi connectivity index (χ3n) is 3.14. The van der Waals surface area contributed by atoms with E-state index in [0.717, 1.165) is 5.56 Å². The highest BCUT2D eigenvalue weighted by Crippen LogP contribution is 2.20. The topological polar surface area (TPSA) is 46.3 Å². The minimum Gasteiger partial charge on any atom is -0.343 e. The summed E-state index contributed by atoms with van der Waals surface area (Å²) in [7, 11) is 0. The molecule has 18 heavy (non-hydrogen) atoms. The second-order valence-corrected chi connectivity index (χ2v) is 4.26. The van der Waals surface area contributed by atoms with Gasteiger partial charge >= 0.3 is 0 Å². The van der Waals surface area contributed by atoms with Crippen LogP contribution in [-0.2, 0) is 4.79 Å². The molecule has 100 valence electrons. The Bertz CT molecular complexity index is 391. The average molecular weight is 252 g/mol. The van der Waals surface area contributed by atoms with Gasteiger partial charge in [0.05, 0.1) is 0 Å². The van der Waals surface area contributed by atoms with Crippen LogP contribution in [0.2, 0.25) is 0 Å². The van der Waals surface area contributed by atoms with Gasteiger partial charge in [0, 0.05) is 25.4 Å². The van der Waals surface area contributed by atoms with Crippen LogP contribution in [-0.4, -0.2) is 30.4 Å². The number of nitrogens with zero attached hydrogens (tertiary/aromatic N) is 1. The van der Waals surface area contributed by atoms with Crippen molar-refractivity contribution in [3.8, 4) is 0 Å². The van der Waals surface area contributed by atoms with Gasteiger partial charge in [-0.25, -0.2) is 4.39 Å². The van der Waals surface area contributed by atoms with Gasteiger partial charge in [-0.3, -0.25) is 4.79 Å². The van der Waals surface area contributed by atoms with Gasteiger partial charge in [-0.1, -0.05) is 12.1 Å². The minimum atomic E-state index is -0.291. The maximum absolute atomic E-state index is 13.2. The van der Waals surface area contributed by atoms with Crippen LogP contribution in [0.15, 0.2) is 24.3 Å². The first kappa shape index (κ1) is 14.6. The lowest BCUT2D eigenvalue weighted by Gasteiger charge is -2.22. The number of hydrogen-bond acceptors (Lipinski definition) is 2. The van der Waals surface area contributed by atoms with Crippen molar-refractivity contribution in [1.29, 1.82) is 0 Å². The van der Waals surface area contributed by atoms with Crippen molar-refractivity contribution in [2.24, 2.45) is 5.73 Å². The van der Waals surface area contributed by atoms with E-state index in [-0.39, 0.29) is 17.6 Å². The van der Waals surface area contributed by atoms with Gasteiger partial charge in [0.1, 0.15) is 5.82 Å². The number of carbonyl (C=O) groups is 1. The third-order valence-corrected chi connectivity index (χ3v) is 3.14. The number of hydrogen-bond donors (Lipinski definition) is 1. The van der Waals surface area contributed by atoms with Gasteiger partial charge in [-0.05, 0) is 38.1 Å². The summed E-state index contributed by atoms with van der Waals surface area (Å²) >= 11 is 0. The fourth-order valence-corrected chi connectivity index (χ4v) is 2.01. The lowest BCUT2D eigenvalue weighted by Crippen LogP contribution is -2.32. The highest BCUT2D eigenvalue weighted by Gasteiger charge is 2.18. The van der Waals surface area contributed by atoms with Gasteiger partial charge in [0.2, 0.25) is 5.91 Å². The highest BCUT2D eigenvalue weighted by atomic mass is 19.1. The predicted molar refractivity (Wildman–Crippen MR) is 70.7 cm³/mol. The van der Waals surface area contributed by atoms with Crippen LogP contribution in [0, 0.1) is 5.82 Å². The first-order chi connectivity index (χ1) is 8.62. The normalized spacial score (nSPS) is 12.2. The molecule has 3 nitrogen and oxygen atoms in total. The van der Waals surface area contributed by atoms with Crippen molar-refractivity contribution in [2.45, 2.75) is 26.2 Å². The molecule has 1 aromatic rings. The summed E-state index contributed by atoms with van der Waals surface area (Å²) in [6.07, 6.45) is 0.335. The molecule has 2 N–H and O–H groups in total. The van der Waals surface area contributed by atoms with Crippen LogP contribution >= 0.6 is 0 Å². The molecule has 1 atom stereocenters. The van der Waals surface area contributed by atoms with E-state index >= 15 is 0 Å². The molecule has 0 saturated heterocycles. The number of benzene rings is 1. The van der Waals surface area contributed by atoms with E-state index in [1.54, 1.807) is 11.0 Å². The molecule has 0 heterocycles. The predicted octanol–water partition coefficient (Wildman–Crippen LogP) is 2.13. The Morgan fingerprint density at radius 1 is 1.39 bits per heavy atom. The zero-order chi connectivity index (χ0) is 13.5. The molecule has 1 amide bonds. The molecule has 1 unspecified atom stereocenters. The summed E-state index contributed by atoms with van der Waals surface area (Å²) in [5.74, 6) is -0.338.